The molecule has 2 atom stereocenters. The molecule has 1 heterocycles. The van der Waals surface area contributed by atoms with E-state index < -0.39 is 11.6 Å². The van der Waals surface area contributed by atoms with Crippen LogP contribution in [0, 0.1) is 11.6 Å². The maximum absolute atomic E-state index is 13.7. The van der Waals surface area contributed by atoms with Crippen molar-refractivity contribution in [2.75, 3.05) is 19.6 Å². The number of hydrogen-bond donors (Lipinski definition) is 1. The molecule has 0 aliphatic carbocycles. The first-order valence-electron chi connectivity index (χ1n) is 9.67. The molecule has 3 nitrogen and oxygen atoms in total. The van der Waals surface area contributed by atoms with Gasteiger partial charge in [0, 0.05) is 37.3 Å². The second kappa shape index (κ2) is 8.81. The van der Waals surface area contributed by atoms with Crippen molar-refractivity contribution in [2.45, 2.75) is 45.4 Å². The monoisotopic (exact) mass is 374 g/mol. The zero-order valence-corrected chi connectivity index (χ0v) is 16.2. The van der Waals surface area contributed by atoms with E-state index in [1.807, 2.05) is 32.0 Å². The maximum Gasteiger partial charge on any atom is 0.159 e. The number of rotatable bonds is 6. The van der Waals surface area contributed by atoms with Gasteiger partial charge in [-0.2, -0.15) is 0 Å². The first-order valence-corrected chi connectivity index (χ1v) is 9.67. The van der Waals surface area contributed by atoms with E-state index >= 15 is 0 Å². The molecule has 1 saturated heterocycles. The minimum atomic E-state index is -0.799. The van der Waals surface area contributed by atoms with E-state index in [0.717, 1.165) is 42.9 Å². The summed E-state index contributed by atoms with van der Waals surface area (Å²) >= 11 is 0. The molecule has 2 aromatic carbocycles. The summed E-state index contributed by atoms with van der Waals surface area (Å²) in [5.74, 6) is -0.687. The molecule has 27 heavy (non-hydrogen) atoms. The third kappa shape index (κ3) is 4.66. The predicted molar refractivity (Wildman–Crippen MR) is 104 cm³/mol. The quantitative estimate of drug-likeness (QED) is 0.782. The van der Waals surface area contributed by atoms with Crippen LogP contribution < -0.4 is 10.1 Å². The number of benzene rings is 2. The van der Waals surface area contributed by atoms with Crippen LogP contribution in [0.15, 0.2) is 42.5 Å². The fourth-order valence-electron chi connectivity index (χ4n) is 3.82. The zero-order valence-electron chi connectivity index (χ0n) is 16.2. The van der Waals surface area contributed by atoms with Gasteiger partial charge in [0.2, 0.25) is 0 Å². The summed E-state index contributed by atoms with van der Waals surface area (Å²) in [6.45, 7) is 8.61. The molecule has 146 valence electrons. The Morgan fingerprint density at radius 3 is 2.63 bits per heavy atom. The number of ether oxygens (including phenoxy) is 1. The third-order valence-corrected chi connectivity index (χ3v) is 5.02. The SMILES string of the molecule is CCC(c1ccc(F)c(F)c1)N1CCN[C@H](c2ccccc2OC(C)C)C1. The Labute approximate surface area is 160 Å². The molecule has 1 unspecified atom stereocenters. The number of halogens is 2. The molecule has 0 radical (unpaired) electrons. The Morgan fingerprint density at radius 1 is 1.15 bits per heavy atom. The average Bonchev–Trinajstić information content (AvgIpc) is 2.65. The molecule has 1 aliphatic rings. The smallest absolute Gasteiger partial charge is 0.159 e. The zero-order chi connectivity index (χ0) is 19.4. The van der Waals surface area contributed by atoms with E-state index in [1.54, 1.807) is 6.07 Å². The van der Waals surface area contributed by atoms with Crippen molar-refractivity contribution in [3.05, 3.63) is 65.2 Å². The highest BCUT2D eigenvalue weighted by molar-refractivity contribution is 5.37. The van der Waals surface area contributed by atoms with E-state index in [-0.39, 0.29) is 18.2 Å². The van der Waals surface area contributed by atoms with Crippen molar-refractivity contribution in [1.82, 2.24) is 10.2 Å². The van der Waals surface area contributed by atoms with Gasteiger partial charge in [-0.3, -0.25) is 4.90 Å². The van der Waals surface area contributed by atoms with Gasteiger partial charge in [0.05, 0.1) is 6.10 Å². The summed E-state index contributed by atoms with van der Waals surface area (Å²) in [5, 5.41) is 3.57. The highest BCUT2D eigenvalue weighted by Gasteiger charge is 2.28. The van der Waals surface area contributed by atoms with Crippen LogP contribution in [0.1, 0.15) is 50.4 Å². The minimum absolute atomic E-state index is 0.0582. The molecular formula is C22H28F2N2O. The summed E-state index contributed by atoms with van der Waals surface area (Å²) in [4.78, 5) is 2.35. The lowest BCUT2D eigenvalue weighted by molar-refractivity contribution is 0.137. The molecule has 2 aromatic rings. The first-order chi connectivity index (χ1) is 13.0. The van der Waals surface area contributed by atoms with Gasteiger partial charge in [0.15, 0.2) is 11.6 Å². The molecule has 0 saturated carbocycles. The van der Waals surface area contributed by atoms with Crippen LogP contribution in [0.3, 0.4) is 0 Å². The van der Waals surface area contributed by atoms with E-state index in [4.69, 9.17) is 4.74 Å². The van der Waals surface area contributed by atoms with E-state index in [2.05, 4.69) is 23.2 Å². The van der Waals surface area contributed by atoms with Crippen LogP contribution in [0.25, 0.3) is 0 Å². The van der Waals surface area contributed by atoms with Gasteiger partial charge in [0.1, 0.15) is 5.75 Å². The van der Waals surface area contributed by atoms with Crippen molar-refractivity contribution in [1.29, 1.82) is 0 Å². The van der Waals surface area contributed by atoms with Gasteiger partial charge >= 0.3 is 0 Å². The Kier molecular flexibility index (Phi) is 6.45. The lowest BCUT2D eigenvalue weighted by Gasteiger charge is -2.39. The van der Waals surface area contributed by atoms with Crippen LogP contribution in [0.4, 0.5) is 8.78 Å². The van der Waals surface area contributed by atoms with Gasteiger partial charge in [0.25, 0.3) is 0 Å². The molecule has 1 N–H and O–H groups in total. The molecule has 0 aromatic heterocycles. The summed E-state index contributed by atoms with van der Waals surface area (Å²) < 4.78 is 33.0. The highest BCUT2D eigenvalue weighted by atomic mass is 19.2. The Hall–Kier alpha value is -1.98. The molecule has 5 heteroatoms. The molecule has 1 fully saturated rings. The predicted octanol–water partition coefficient (Wildman–Crippen LogP) is 4.85. The fraction of sp³-hybridized carbons (Fsp3) is 0.455. The normalized spacial score (nSPS) is 19.3. The number of nitrogens with zero attached hydrogens (tertiary/aromatic N) is 1. The summed E-state index contributed by atoms with van der Waals surface area (Å²) in [5.41, 5.74) is 1.96. The Balaban J connectivity index is 1.82. The summed E-state index contributed by atoms with van der Waals surface area (Å²) in [7, 11) is 0. The fourth-order valence-corrected chi connectivity index (χ4v) is 3.82. The van der Waals surface area contributed by atoms with Crippen molar-refractivity contribution < 1.29 is 13.5 Å². The van der Waals surface area contributed by atoms with Crippen LogP contribution in [0.2, 0.25) is 0 Å². The lowest BCUT2D eigenvalue weighted by atomic mass is 9.98. The number of para-hydroxylation sites is 1. The van der Waals surface area contributed by atoms with Crippen LogP contribution in [0.5, 0.6) is 5.75 Å². The minimum Gasteiger partial charge on any atom is -0.491 e. The van der Waals surface area contributed by atoms with Crippen LogP contribution in [-0.2, 0) is 0 Å². The topological polar surface area (TPSA) is 24.5 Å². The van der Waals surface area contributed by atoms with E-state index in [1.165, 1.54) is 12.1 Å². The average molecular weight is 374 g/mol. The van der Waals surface area contributed by atoms with Gasteiger partial charge in [-0.1, -0.05) is 31.2 Å². The highest BCUT2D eigenvalue weighted by Crippen LogP contribution is 2.32. The second-order valence-corrected chi connectivity index (χ2v) is 7.30. The maximum atomic E-state index is 13.7. The number of nitrogens with one attached hydrogen (secondary N) is 1. The van der Waals surface area contributed by atoms with E-state index in [9.17, 15) is 8.78 Å². The Morgan fingerprint density at radius 2 is 1.93 bits per heavy atom. The Bertz CT molecular complexity index is 766. The first kappa shape index (κ1) is 19.8. The number of hydrogen-bond acceptors (Lipinski definition) is 3. The standard InChI is InChI=1S/C22H28F2N2O/c1-4-21(16-9-10-18(23)19(24)13-16)26-12-11-25-20(14-26)17-7-5-6-8-22(17)27-15(2)3/h5-10,13,15,20-21,25H,4,11-12,14H2,1-3H3/t20-,21?/m0/s1. The van der Waals surface area contributed by atoms with Crippen molar-refractivity contribution >= 4 is 0 Å². The van der Waals surface area contributed by atoms with Gasteiger partial charge in [-0.15, -0.1) is 0 Å². The second-order valence-electron chi connectivity index (χ2n) is 7.30. The van der Waals surface area contributed by atoms with Crippen molar-refractivity contribution in [3.8, 4) is 5.75 Å². The van der Waals surface area contributed by atoms with Crippen LogP contribution in [-0.4, -0.2) is 30.6 Å². The molecule has 3 rings (SSSR count). The van der Waals surface area contributed by atoms with Gasteiger partial charge in [-0.05, 0) is 44.0 Å². The lowest BCUT2D eigenvalue weighted by Crippen LogP contribution is -2.47. The number of piperazine rings is 1. The van der Waals surface area contributed by atoms with Crippen molar-refractivity contribution in [2.24, 2.45) is 0 Å². The summed E-state index contributed by atoms with van der Waals surface area (Å²) in [6.07, 6.45) is 0.943. The van der Waals surface area contributed by atoms with Crippen LogP contribution >= 0.6 is 0 Å². The molecule has 1 aliphatic heterocycles. The van der Waals surface area contributed by atoms with Gasteiger partial charge in [-0.25, -0.2) is 8.78 Å². The van der Waals surface area contributed by atoms with E-state index in [0.29, 0.717) is 0 Å². The molecule has 0 bridgehead atoms. The molecular weight excluding hydrogens is 346 g/mol. The third-order valence-electron chi connectivity index (χ3n) is 5.02. The molecule has 0 spiro atoms. The largest absolute Gasteiger partial charge is 0.491 e. The van der Waals surface area contributed by atoms with Gasteiger partial charge < -0.3 is 10.1 Å². The molecule has 0 amide bonds. The van der Waals surface area contributed by atoms with Crippen molar-refractivity contribution in [3.63, 3.8) is 0 Å². The summed E-state index contributed by atoms with van der Waals surface area (Å²) in [6, 6.07) is 12.5.